The van der Waals surface area contributed by atoms with Crippen molar-refractivity contribution in [2.75, 3.05) is 0 Å². The third-order valence-corrected chi connectivity index (χ3v) is 14.3. The Labute approximate surface area is 377 Å². The van der Waals surface area contributed by atoms with Gasteiger partial charge in [0.1, 0.15) is 11.4 Å². The molecule has 0 atom stereocenters. The third kappa shape index (κ3) is 6.13. The zero-order chi connectivity index (χ0) is 42.7. The predicted octanol–water partition coefficient (Wildman–Crippen LogP) is 16.1. The Bertz CT molecular complexity index is 3590. The summed E-state index contributed by atoms with van der Waals surface area (Å²) in [6.07, 6.45) is 0.818. The van der Waals surface area contributed by atoms with E-state index in [0.29, 0.717) is 0 Å². The van der Waals surface area contributed by atoms with Crippen molar-refractivity contribution in [3.8, 4) is 89.3 Å². The Morgan fingerprint density at radius 2 is 0.922 bits per heavy atom. The molecule has 4 heteroatoms. The van der Waals surface area contributed by atoms with Crippen molar-refractivity contribution in [1.29, 1.82) is 0 Å². The van der Waals surface area contributed by atoms with Gasteiger partial charge < -0.3 is 0 Å². The maximum atomic E-state index is 5.31. The highest BCUT2D eigenvalue weighted by Crippen LogP contribution is 2.54. The van der Waals surface area contributed by atoms with Crippen LogP contribution < -0.4 is 0 Å². The molecule has 2 heterocycles. The molecule has 0 unspecified atom stereocenters. The van der Waals surface area contributed by atoms with E-state index in [9.17, 15) is 0 Å². The average Bonchev–Trinajstić information content (AvgIpc) is 3.93. The van der Waals surface area contributed by atoms with Crippen molar-refractivity contribution < 1.29 is 0 Å². The van der Waals surface area contributed by atoms with Gasteiger partial charge in [-0.2, -0.15) is 0 Å². The van der Waals surface area contributed by atoms with Crippen molar-refractivity contribution in [3.63, 3.8) is 0 Å². The van der Waals surface area contributed by atoms with Gasteiger partial charge in [-0.1, -0.05) is 188 Å². The fourth-order valence-corrected chi connectivity index (χ4v) is 11.3. The van der Waals surface area contributed by atoms with Crippen LogP contribution in [0.5, 0.6) is 0 Å². The summed E-state index contributed by atoms with van der Waals surface area (Å²) in [4.78, 5) is 0. The molecule has 11 aromatic rings. The van der Waals surface area contributed by atoms with Crippen LogP contribution in [0.15, 0.2) is 200 Å². The molecule has 12 rings (SSSR count). The van der Waals surface area contributed by atoms with Crippen LogP contribution in [-0.4, -0.2) is 15.4 Å². The van der Waals surface area contributed by atoms with Crippen molar-refractivity contribution in [2.45, 2.75) is 20.3 Å². The quantitative estimate of drug-likeness (QED) is 0.161. The molecule has 1 aliphatic rings. The third-order valence-electron chi connectivity index (χ3n) is 13.2. The topological polar surface area (TPSA) is 38.7 Å². The van der Waals surface area contributed by atoms with Crippen LogP contribution in [0.1, 0.15) is 22.3 Å². The lowest BCUT2D eigenvalue weighted by atomic mass is 9.80. The van der Waals surface area contributed by atoms with E-state index in [1.54, 1.807) is 0 Å². The highest BCUT2D eigenvalue weighted by Gasteiger charge is 2.32. The molecule has 0 fully saturated rings. The summed E-state index contributed by atoms with van der Waals surface area (Å²) < 4.78 is 2.51. The minimum Gasteiger partial charge on any atom is -0.135 e. The summed E-state index contributed by atoms with van der Waals surface area (Å²) in [6, 6.07) is 72.5. The van der Waals surface area contributed by atoms with E-state index in [1.165, 1.54) is 53.6 Å². The number of hydrogen-bond donors (Lipinski definition) is 0. The average molecular weight is 836 g/mol. The van der Waals surface area contributed by atoms with Gasteiger partial charge in [-0.05, 0) is 116 Å². The predicted molar refractivity (Wildman–Crippen MR) is 268 cm³/mol. The Balaban J connectivity index is 1.29. The minimum atomic E-state index is 0.793. The van der Waals surface area contributed by atoms with Crippen molar-refractivity contribution in [2.24, 2.45) is 0 Å². The first-order chi connectivity index (χ1) is 31.6. The van der Waals surface area contributed by atoms with Gasteiger partial charge >= 0.3 is 0 Å². The number of fused-ring (bicyclic) bond motifs is 6. The maximum Gasteiger partial charge on any atom is 0.106 e. The van der Waals surface area contributed by atoms with E-state index in [2.05, 4.69) is 214 Å². The molecule has 0 amide bonds. The van der Waals surface area contributed by atoms with Crippen LogP contribution in [0, 0.1) is 13.8 Å². The second kappa shape index (κ2) is 15.5. The highest BCUT2D eigenvalue weighted by atomic mass is 32.1. The fourth-order valence-electron chi connectivity index (χ4n) is 10.2. The second-order valence-corrected chi connectivity index (χ2v) is 17.8. The van der Waals surface area contributed by atoms with Crippen molar-refractivity contribution >= 4 is 31.5 Å². The summed E-state index contributed by atoms with van der Waals surface area (Å²) in [6.45, 7) is 4.48. The molecular weight excluding hydrogens is 795 g/mol. The summed E-state index contributed by atoms with van der Waals surface area (Å²) >= 11 is 1.84. The molecule has 64 heavy (non-hydrogen) atoms. The van der Waals surface area contributed by atoms with E-state index in [-0.39, 0.29) is 0 Å². The molecule has 302 valence electrons. The smallest absolute Gasteiger partial charge is 0.106 e. The van der Waals surface area contributed by atoms with Gasteiger partial charge in [-0.3, -0.25) is 0 Å². The van der Waals surface area contributed by atoms with Crippen LogP contribution in [-0.2, 0) is 6.42 Å². The van der Waals surface area contributed by atoms with Crippen LogP contribution >= 0.6 is 11.3 Å². The number of nitrogens with zero attached hydrogens (tertiary/aromatic N) is 3. The molecule has 0 bridgehead atoms. The van der Waals surface area contributed by atoms with Crippen LogP contribution in [0.25, 0.3) is 109 Å². The van der Waals surface area contributed by atoms with E-state index < -0.39 is 0 Å². The molecule has 3 nitrogen and oxygen atoms in total. The first-order valence-electron chi connectivity index (χ1n) is 21.9. The molecular formula is C60H41N3S. The molecule has 0 N–H and O–H groups in total. The Hall–Kier alpha value is -7.79. The summed E-state index contributed by atoms with van der Waals surface area (Å²) in [5.41, 5.74) is 22.4. The SMILES string of the molecule is Cc1cc2c(c(-c3nnnc(-c4c(-c5ccccc5)ccc(-c5ccccc5)c4-c4cccc5sc6ccccc6c45)c3-c3ccccc3-c3ccccc3)c1C)Cc1ccccc1-2. The first kappa shape index (κ1) is 37.9. The van der Waals surface area contributed by atoms with Gasteiger partial charge in [-0.25, -0.2) is 0 Å². The lowest BCUT2D eigenvalue weighted by Crippen LogP contribution is -2.06. The standard InChI is InChI=1S/C60H41N3S/c1-37-35-50-44-27-13-12-25-42(44)36-51(50)54(38(37)2)59-58(47-28-15-14-26-43(47)39-19-6-3-7-20-39)60(62-63-61-59)57-46(41-23-10-5-11-24-41)34-33-45(40-21-8-4-9-22-40)56(57)49-30-18-32-53-55(49)48-29-16-17-31-52(48)64-53/h3-35H,36H2,1-2H3. The van der Waals surface area contributed by atoms with Gasteiger partial charge in [0.15, 0.2) is 0 Å². The molecule has 0 saturated carbocycles. The number of aryl methyl sites for hydroxylation is 1. The number of aromatic nitrogens is 3. The number of hydrogen-bond acceptors (Lipinski definition) is 4. The van der Waals surface area contributed by atoms with Gasteiger partial charge in [0, 0.05) is 42.4 Å². The zero-order valence-electron chi connectivity index (χ0n) is 35.5. The molecule has 9 aromatic carbocycles. The Morgan fingerprint density at radius 3 is 1.62 bits per heavy atom. The summed E-state index contributed by atoms with van der Waals surface area (Å²) in [7, 11) is 0. The minimum absolute atomic E-state index is 0.793. The molecule has 0 saturated heterocycles. The Morgan fingerprint density at radius 1 is 0.391 bits per heavy atom. The van der Waals surface area contributed by atoms with Crippen molar-refractivity contribution in [3.05, 3.63) is 222 Å². The molecule has 0 aliphatic heterocycles. The molecule has 2 aromatic heterocycles. The second-order valence-electron chi connectivity index (χ2n) is 16.7. The number of thiophene rings is 1. The van der Waals surface area contributed by atoms with Crippen LogP contribution in [0.3, 0.4) is 0 Å². The molecule has 0 radical (unpaired) electrons. The monoisotopic (exact) mass is 835 g/mol. The Kier molecular flexibility index (Phi) is 9.20. The van der Waals surface area contributed by atoms with Crippen LogP contribution in [0.2, 0.25) is 0 Å². The van der Waals surface area contributed by atoms with Gasteiger partial charge in [0.2, 0.25) is 0 Å². The van der Waals surface area contributed by atoms with Crippen LogP contribution in [0.4, 0.5) is 0 Å². The van der Waals surface area contributed by atoms with E-state index >= 15 is 0 Å². The number of benzene rings is 9. The molecule has 0 spiro atoms. The highest BCUT2D eigenvalue weighted by molar-refractivity contribution is 7.25. The van der Waals surface area contributed by atoms with E-state index in [4.69, 9.17) is 15.4 Å². The first-order valence-corrected chi connectivity index (χ1v) is 22.7. The lowest BCUT2D eigenvalue weighted by Gasteiger charge is -2.24. The number of rotatable bonds is 7. The maximum absolute atomic E-state index is 5.31. The normalized spacial score (nSPS) is 11.8. The van der Waals surface area contributed by atoms with Gasteiger partial charge in [0.05, 0.1) is 0 Å². The molecule has 1 aliphatic carbocycles. The summed E-state index contributed by atoms with van der Waals surface area (Å²) in [5, 5.41) is 17.8. The largest absolute Gasteiger partial charge is 0.135 e. The van der Waals surface area contributed by atoms with E-state index in [0.717, 1.165) is 84.6 Å². The summed E-state index contributed by atoms with van der Waals surface area (Å²) in [5.74, 6) is 0. The fraction of sp³-hybridized carbons (Fsp3) is 0.0500. The van der Waals surface area contributed by atoms with Gasteiger partial charge in [0.25, 0.3) is 0 Å². The lowest BCUT2D eigenvalue weighted by molar-refractivity contribution is 0.877. The van der Waals surface area contributed by atoms with Crippen molar-refractivity contribution in [1.82, 2.24) is 15.4 Å². The zero-order valence-corrected chi connectivity index (χ0v) is 36.3. The van der Waals surface area contributed by atoms with E-state index in [1.807, 2.05) is 11.3 Å². The van der Waals surface area contributed by atoms with Gasteiger partial charge in [-0.15, -0.1) is 21.5 Å².